The van der Waals surface area contributed by atoms with Crippen LogP contribution in [0, 0.1) is 5.41 Å². The van der Waals surface area contributed by atoms with E-state index in [2.05, 4.69) is 45.9 Å². The summed E-state index contributed by atoms with van der Waals surface area (Å²) in [5.74, 6) is -1.29. The highest BCUT2D eigenvalue weighted by Gasteiger charge is 2.44. The van der Waals surface area contributed by atoms with Gasteiger partial charge in [-0.1, -0.05) is 30.2 Å². The van der Waals surface area contributed by atoms with Crippen LogP contribution in [0.3, 0.4) is 0 Å². The van der Waals surface area contributed by atoms with Gasteiger partial charge in [-0.15, -0.1) is 4.33 Å². The maximum absolute atomic E-state index is 11.3. The molecule has 0 fully saturated rings. The van der Waals surface area contributed by atoms with Gasteiger partial charge in [-0.3, -0.25) is 14.4 Å². The Morgan fingerprint density at radius 1 is 1.21 bits per heavy atom. The number of carboxylic acid groups (broad SMARTS) is 1. The second-order valence-electron chi connectivity index (χ2n) is 11.0. The normalized spacial score (nSPS) is 21.3. The third-order valence-corrected chi connectivity index (χ3v) is 9.11. The number of rotatable bonds is 15. The molecule has 1 unspecified atom stereocenters. The quantitative estimate of drug-likeness (QED) is 0.0552. The van der Waals surface area contributed by atoms with Crippen molar-refractivity contribution in [3.05, 3.63) is 59.8 Å². The van der Waals surface area contributed by atoms with Crippen LogP contribution in [0.25, 0.3) is 0 Å². The number of aliphatic carboxylic acids is 1. The van der Waals surface area contributed by atoms with Crippen molar-refractivity contribution < 1.29 is 42.1 Å². The van der Waals surface area contributed by atoms with Crippen LogP contribution in [-0.4, -0.2) is 69.2 Å². The topological polar surface area (TPSA) is 149 Å². The van der Waals surface area contributed by atoms with Crippen molar-refractivity contribution in [2.45, 2.75) is 70.6 Å². The maximum atomic E-state index is 11.3. The molecule has 0 saturated heterocycles. The van der Waals surface area contributed by atoms with Gasteiger partial charge in [0.15, 0.2) is 5.71 Å². The Hall–Kier alpha value is -2.81. The van der Waals surface area contributed by atoms with Gasteiger partial charge in [-0.2, -0.15) is 18.1 Å². The largest absolute Gasteiger partial charge is 0.481 e. The fourth-order valence-corrected chi connectivity index (χ4v) is 6.37. The summed E-state index contributed by atoms with van der Waals surface area (Å²) in [6.45, 7) is 11.3. The SMILES string of the molecule is CCC[N+]1=C(/C=C/C=C/C=C2\N(CCC(=O)O)N=C(C)C2(C)CCCS(=O)(=O)O)C(C)(C)c2cc(SOOO)ccc21. The molecule has 1 aromatic rings. The zero-order valence-electron chi connectivity index (χ0n) is 24.6. The van der Waals surface area contributed by atoms with Gasteiger partial charge in [-0.25, -0.2) is 5.26 Å². The Morgan fingerprint density at radius 3 is 2.60 bits per heavy atom. The lowest BCUT2D eigenvalue weighted by molar-refractivity contribution is -0.437. The van der Waals surface area contributed by atoms with E-state index in [4.69, 9.17) is 5.26 Å². The summed E-state index contributed by atoms with van der Waals surface area (Å²) < 4.78 is 38.7. The van der Waals surface area contributed by atoms with Crippen LogP contribution >= 0.6 is 12.0 Å². The van der Waals surface area contributed by atoms with Gasteiger partial charge >= 0.3 is 5.97 Å². The molecule has 0 aromatic heterocycles. The predicted octanol–water partition coefficient (Wildman–Crippen LogP) is 5.74. The lowest BCUT2D eigenvalue weighted by atomic mass is 9.78. The molecule has 0 saturated carbocycles. The smallest absolute Gasteiger partial charge is 0.305 e. The summed E-state index contributed by atoms with van der Waals surface area (Å²) in [6.07, 6.45) is 11.2. The van der Waals surface area contributed by atoms with Gasteiger partial charge in [0.25, 0.3) is 10.1 Å². The van der Waals surface area contributed by atoms with Crippen LogP contribution in [0.5, 0.6) is 0 Å². The van der Waals surface area contributed by atoms with E-state index in [9.17, 15) is 22.9 Å². The summed E-state index contributed by atoms with van der Waals surface area (Å²) in [6, 6.07) is 5.97. The number of benzene rings is 1. The molecule has 42 heavy (non-hydrogen) atoms. The molecule has 0 aliphatic carbocycles. The van der Waals surface area contributed by atoms with Gasteiger partial charge in [-0.05, 0) is 58.7 Å². The molecule has 0 bridgehead atoms. The molecule has 1 atom stereocenters. The molecule has 230 valence electrons. The Morgan fingerprint density at radius 2 is 1.95 bits per heavy atom. The van der Waals surface area contributed by atoms with E-state index in [1.54, 1.807) is 5.01 Å². The number of nitrogens with zero attached hydrogens (tertiary/aromatic N) is 3. The number of hydrazone groups is 1. The molecule has 13 heteroatoms. The van der Waals surface area contributed by atoms with E-state index in [0.717, 1.165) is 58.3 Å². The molecule has 0 amide bonds. The molecule has 0 spiro atoms. The molecular weight excluding hydrogens is 582 g/mol. The molecule has 3 rings (SSSR count). The van der Waals surface area contributed by atoms with Gasteiger partial charge < -0.3 is 5.11 Å². The van der Waals surface area contributed by atoms with Crippen LogP contribution in [0.15, 0.2) is 64.3 Å². The highest BCUT2D eigenvalue weighted by Crippen LogP contribution is 2.43. The molecule has 1 aromatic carbocycles. The Labute approximate surface area is 251 Å². The maximum Gasteiger partial charge on any atom is 0.305 e. The van der Waals surface area contributed by atoms with Crippen molar-refractivity contribution in [3.8, 4) is 0 Å². The van der Waals surface area contributed by atoms with Crippen LogP contribution < -0.4 is 0 Å². The van der Waals surface area contributed by atoms with Crippen LogP contribution in [0.2, 0.25) is 0 Å². The van der Waals surface area contributed by atoms with Crippen molar-refractivity contribution in [2.24, 2.45) is 10.5 Å². The summed E-state index contributed by atoms with van der Waals surface area (Å²) in [5.41, 5.74) is 3.96. The summed E-state index contributed by atoms with van der Waals surface area (Å²) in [7, 11) is -4.09. The van der Waals surface area contributed by atoms with E-state index in [1.165, 1.54) is 0 Å². The standard InChI is InChI=1S/C29H39N3O8S2/c1-6-17-31-24-14-13-22(41-40-39-35)20-23(24)28(3,4)25(31)11-8-7-9-12-26-29(5,16-10-19-42(36,37)38)21(2)30-32(26)18-15-27(33)34/h7-9,11-14,20H,6,10,15-19H2,1-5H3,(H2-,33,34,35,36,37,38)/p+1. The summed E-state index contributed by atoms with van der Waals surface area (Å²) in [5, 5.41) is 27.7. The van der Waals surface area contributed by atoms with Gasteiger partial charge in [0.05, 0.1) is 36.2 Å². The molecule has 2 aliphatic rings. The minimum atomic E-state index is -4.09. The number of hydrogen-bond acceptors (Lipinski definition) is 9. The average molecular weight is 623 g/mol. The molecule has 2 aliphatic heterocycles. The first-order valence-corrected chi connectivity index (χ1v) is 16.1. The number of allylic oxidation sites excluding steroid dienone is 6. The summed E-state index contributed by atoms with van der Waals surface area (Å²) >= 11 is 0.927. The monoisotopic (exact) mass is 622 g/mol. The lowest BCUT2D eigenvalue weighted by Crippen LogP contribution is -2.29. The third kappa shape index (κ3) is 7.97. The third-order valence-electron chi connectivity index (χ3n) is 7.73. The van der Waals surface area contributed by atoms with E-state index in [1.807, 2.05) is 56.4 Å². The number of carboxylic acids is 1. The van der Waals surface area contributed by atoms with E-state index < -0.39 is 21.5 Å². The van der Waals surface area contributed by atoms with Gasteiger partial charge in [0.1, 0.15) is 6.54 Å². The zero-order chi connectivity index (χ0) is 31.1. The van der Waals surface area contributed by atoms with Crippen molar-refractivity contribution in [1.29, 1.82) is 0 Å². The van der Waals surface area contributed by atoms with Gasteiger partial charge in [0.2, 0.25) is 5.69 Å². The fourth-order valence-electron chi connectivity index (χ4n) is 5.46. The first kappa shape index (κ1) is 33.7. The van der Waals surface area contributed by atoms with Crippen molar-refractivity contribution in [1.82, 2.24) is 5.01 Å². The van der Waals surface area contributed by atoms with Crippen molar-refractivity contribution in [2.75, 3.05) is 18.8 Å². The predicted molar refractivity (Wildman–Crippen MR) is 162 cm³/mol. The Balaban J connectivity index is 1.88. The van der Waals surface area contributed by atoms with E-state index >= 15 is 0 Å². The van der Waals surface area contributed by atoms with Crippen LogP contribution in [0.4, 0.5) is 5.69 Å². The highest BCUT2D eigenvalue weighted by molar-refractivity contribution is 7.94. The number of fused-ring (bicyclic) bond motifs is 1. The van der Waals surface area contributed by atoms with Crippen molar-refractivity contribution in [3.63, 3.8) is 0 Å². The van der Waals surface area contributed by atoms with Crippen LogP contribution in [0.1, 0.15) is 65.9 Å². The molecule has 3 N–H and O–H groups in total. The average Bonchev–Trinajstić information content (AvgIpc) is 3.26. The molecule has 11 nitrogen and oxygen atoms in total. The number of carbonyl (C=O) groups is 1. The minimum Gasteiger partial charge on any atom is -0.481 e. The van der Waals surface area contributed by atoms with Crippen molar-refractivity contribution >= 4 is 45.2 Å². The molecule has 0 radical (unpaired) electrons. The lowest BCUT2D eigenvalue weighted by Gasteiger charge is -2.29. The first-order valence-electron chi connectivity index (χ1n) is 13.7. The Bertz CT molecular complexity index is 1430. The molecular formula is C29H40N3O8S2+. The number of hydrogen-bond donors (Lipinski definition) is 3. The second kappa shape index (κ2) is 14.1. The van der Waals surface area contributed by atoms with Crippen LogP contribution in [-0.2, 0) is 29.7 Å². The molecule has 2 heterocycles. The Kier molecular flexibility index (Phi) is 11.3. The van der Waals surface area contributed by atoms with E-state index in [-0.39, 0.29) is 30.6 Å². The summed E-state index contributed by atoms with van der Waals surface area (Å²) in [4.78, 5) is 12.0. The van der Waals surface area contributed by atoms with Gasteiger partial charge in [0, 0.05) is 45.8 Å². The zero-order valence-corrected chi connectivity index (χ0v) is 26.2. The fraction of sp³-hybridized carbons (Fsp3) is 0.483. The second-order valence-corrected chi connectivity index (χ2v) is 13.4. The highest BCUT2D eigenvalue weighted by atomic mass is 32.2. The van der Waals surface area contributed by atoms with E-state index in [0.29, 0.717) is 6.42 Å². The minimum absolute atomic E-state index is 0.0978. The first-order chi connectivity index (χ1) is 19.7.